The number of nitrogens with one attached hydrogen (secondary N) is 1. The van der Waals surface area contributed by atoms with Crippen molar-refractivity contribution in [3.8, 4) is 0 Å². The van der Waals surface area contributed by atoms with E-state index in [2.05, 4.69) is 34.7 Å². The van der Waals surface area contributed by atoms with Gasteiger partial charge in [-0.2, -0.15) is 0 Å². The average molecular weight is 270 g/mol. The van der Waals surface area contributed by atoms with Gasteiger partial charge in [-0.15, -0.1) is 0 Å². The van der Waals surface area contributed by atoms with Crippen molar-refractivity contribution in [3.05, 3.63) is 28.2 Å². The number of nitrogen functional groups attached to an aromatic ring is 1. The third-order valence-corrected chi connectivity index (χ3v) is 3.03. The Labute approximate surface area is 98.9 Å². The molecule has 0 aliphatic heterocycles. The molecule has 0 aromatic heterocycles. The number of anilines is 1. The third kappa shape index (κ3) is 2.72. The molecule has 0 atom stereocenters. The molecule has 82 valence electrons. The summed E-state index contributed by atoms with van der Waals surface area (Å²) in [6, 6.07) is 5.87. The molecule has 0 unspecified atom stereocenters. The highest BCUT2D eigenvalue weighted by molar-refractivity contribution is 9.10. The molecule has 1 aromatic carbocycles. The molecule has 15 heavy (non-hydrogen) atoms. The van der Waals surface area contributed by atoms with E-state index < -0.39 is 0 Å². The first kappa shape index (κ1) is 12.0. The molecule has 0 saturated heterocycles. The summed E-state index contributed by atoms with van der Waals surface area (Å²) in [6.45, 7) is 6.19. The van der Waals surface area contributed by atoms with Crippen molar-refractivity contribution < 1.29 is 0 Å². The Bertz CT molecular complexity index is 359. The average Bonchev–Trinajstić information content (AvgIpc) is 2.19. The maximum absolute atomic E-state index is 7.38. The highest BCUT2D eigenvalue weighted by Crippen LogP contribution is 2.23. The van der Waals surface area contributed by atoms with Crippen molar-refractivity contribution in [2.75, 3.05) is 18.0 Å². The number of rotatable bonds is 4. The number of halogens is 1. The number of benzene rings is 1. The number of nitrogens with two attached hydrogens (primary N) is 1. The van der Waals surface area contributed by atoms with Crippen LogP contribution in [0.3, 0.4) is 0 Å². The highest BCUT2D eigenvalue weighted by Gasteiger charge is 2.07. The number of hydrogen-bond donors (Lipinski definition) is 2. The Kier molecular flexibility index (Phi) is 4.15. The molecule has 1 rings (SSSR count). The number of nitrogens with zero attached hydrogens (tertiary/aromatic N) is 1. The van der Waals surface area contributed by atoms with Crippen molar-refractivity contribution >= 4 is 27.5 Å². The summed E-state index contributed by atoms with van der Waals surface area (Å²) in [5, 5.41) is 7.38. The van der Waals surface area contributed by atoms with Crippen molar-refractivity contribution in [2.24, 2.45) is 5.73 Å². The Morgan fingerprint density at radius 2 is 2.00 bits per heavy atom. The smallest absolute Gasteiger partial charge is 0.123 e. The zero-order chi connectivity index (χ0) is 11.4. The van der Waals surface area contributed by atoms with Crippen LogP contribution in [0.25, 0.3) is 0 Å². The van der Waals surface area contributed by atoms with Gasteiger partial charge in [-0.05, 0) is 48.0 Å². The van der Waals surface area contributed by atoms with Crippen LogP contribution in [0, 0.1) is 5.41 Å². The van der Waals surface area contributed by atoms with Crippen LogP contribution in [0.1, 0.15) is 19.4 Å². The van der Waals surface area contributed by atoms with Gasteiger partial charge >= 0.3 is 0 Å². The zero-order valence-corrected chi connectivity index (χ0v) is 10.6. The molecule has 0 bridgehead atoms. The Hall–Kier alpha value is -1.03. The summed E-state index contributed by atoms with van der Waals surface area (Å²) in [5.74, 6) is 0.0907. The van der Waals surface area contributed by atoms with E-state index in [9.17, 15) is 0 Å². The quantitative estimate of drug-likeness (QED) is 0.652. The summed E-state index contributed by atoms with van der Waals surface area (Å²) < 4.78 is 0.874. The second-order valence-corrected chi connectivity index (χ2v) is 4.10. The first-order valence-electron chi connectivity index (χ1n) is 4.99. The summed E-state index contributed by atoms with van der Waals surface area (Å²) in [4.78, 5) is 2.24. The predicted molar refractivity (Wildman–Crippen MR) is 68.7 cm³/mol. The number of hydrogen-bond acceptors (Lipinski definition) is 2. The minimum Gasteiger partial charge on any atom is -0.384 e. The second kappa shape index (κ2) is 5.16. The van der Waals surface area contributed by atoms with E-state index in [1.54, 1.807) is 0 Å². The monoisotopic (exact) mass is 269 g/mol. The molecule has 0 fully saturated rings. The van der Waals surface area contributed by atoms with E-state index in [4.69, 9.17) is 11.1 Å². The van der Waals surface area contributed by atoms with Crippen LogP contribution < -0.4 is 10.6 Å². The Morgan fingerprint density at radius 3 is 2.40 bits per heavy atom. The standard InChI is InChI=1S/C11H16BrN3/c1-3-15(4-2)8-5-6-9(11(13)14)10(12)7-8/h5-7H,3-4H2,1-2H3,(H3,13,14). The van der Waals surface area contributed by atoms with Gasteiger partial charge in [0.05, 0.1) is 0 Å². The molecule has 4 heteroatoms. The third-order valence-electron chi connectivity index (χ3n) is 2.37. The van der Waals surface area contributed by atoms with Gasteiger partial charge in [-0.1, -0.05) is 0 Å². The lowest BCUT2D eigenvalue weighted by molar-refractivity contribution is 0.866. The molecule has 0 aliphatic carbocycles. The Morgan fingerprint density at radius 1 is 1.40 bits per heavy atom. The Balaban J connectivity index is 3.05. The van der Waals surface area contributed by atoms with E-state index in [-0.39, 0.29) is 5.84 Å². The lowest BCUT2D eigenvalue weighted by Crippen LogP contribution is -2.22. The zero-order valence-electron chi connectivity index (χ0n) is 9.05. The first-order valence-corrected chi connectivity index (χ1v) is 5.78. The molecule has 3 nitrogen and oxygen atoms in total. The molecule has 0 heterocycles. The van der Waals surface area contributed by atoms with Crippen LogP contribution in [0.15, 0.2) is 22.7 Å². The maximum atomic E-state index is 7.38. The van der Waals surface area contributed by atoms with Gasteiger partial charge in [0.1, 0.15) is 5.84 Å². The van der Waals surface area contributed by atoms with Crippen molar-refractivity contribution in [3.63, 3.8) is 0 Å². The van der Waals surface area contributed by atoms with Crippen molar-refractivity contribution in [1.82, 2.24) is 0 Å². The minimum atomic E-state index is 0.0907. The topological polar surface area (TPSA) is 53.1 Å². The van der Waals surface area contributed by atoms with Crippen LogP contribution in [0.4, 0.5) is 5.69 Å². The molecule has 3 N–H and O–H groups in total. The van der Waals surface area contributed by atoms with E-state index in [1.165, 1.54) is 0 Å². The molecular weight excluding hydrogens is 254 g/mol. The van der Waals surface area contributed by atoms with Gasteiger partial charge in [0.2, 0.25) is 0 Å². The van der Waals surface area contributed by atoms with Gasteiger partial charge in [-0.25, -0.2) is 0 Å². The molecule has 0 aliphatic rings. The van der Waals surface area contributed by atoms with Crippen molar-refractivity contribution in [2.45, 2.75) is 13.8 Å². The molecule has 0 saturated carbocycles. The highest BCUT2D eigenvalue weighted by atomic mass is 79.9. The summed E-state index contributed by atoms with van der Waals surface area (Å²) >= 11 is 3.43. The number of amidine groups is 1. The largest absolute Gasteiger partial charge is 0.384 e. The molecule has 0 spiro atoms. The summed E-state index contributed by atoms with van der Waals surface area (Å²) in [7, 11) is 0. The molecule has 0 radical (unpaired) electrons. The van der Waals surface area contributed by atoms with Crippen LogP contribution in [-0.4, -0.2) is 18.9 Å². The van der Waals surface area contributed by atoms with Gasteiger partial charge in [-0.3, -0.25) is 5.41 Å². The molecule has 0 amide bonds. The van der Waals surface area contributed by atoms with Gasteiger partial charge < -0.3 is 10.6 Å². The van der Waals surface area contributed by atoms with Gasteiger partial charge in [0.25, 0.3) is 0 Å². The van der Waals surface area contributed by atoms with Crippen LogP contribution in [0.5, 0.6) is 0 Å². The predicted octanol–water partition coefficient (Wildman–Crippen LogP) is 2.58. The maximum Gasteiger partial charge on any atom is 0.123 e. The van der Waals surface area contributed by atoms with E-state index >= 15 is 0 Å². The minimum absolute atomic E-state index is 0.0907. The summed E-state index contributed by atoms with van der Waals surface area (Å²) in [6.07, 6.45) is 0. The molecular formula is C11H16BrN3. The lowest BCUT2D eigenvalue weighted by Gasteiger charge is -2.21. The van der Waals surface area contributed by atoms with Gasteiger partial charge in [0.15, 0.2) is 0 Å². The summed E-state index contributed by atoms with van der Waals surface area (Å²) in [5.41, 5.74) is 7.34. The van der Waals surface area contributed by atoms with Crippen LogP contribution >= 0.6 is 15.9 Å². The second-order valence-electron chi connectivity index (χ2n) is 3.25. The van der Waals surface area contributed by atoms with E-state index in [1.807, 2.05) is 18.2 Å². The first-order chi connectivity index (χ1) is 7.10. The van der Waals surface area contributed by atoms with E-state index in [0.717, 1.165) is 28.8 Å². The van der Waals surface area contributed by atoms with Crippen LogP contribution in [-0.2, 0) is 0 Å². The fraction of sp³-hybridized carbons (Fsp3) is 0.364. The SMILES string of the molecule is CCN(CC)c1ccc(C(=N)N)c(Br)c1. The lowest BCUT2D eigenvalue weighted by atomic mass is 10.2. The van der Waals surface area contributed by atoms with Crippen molar-refractivity contribution in [1.29, 1.82) is 5.41 Å². The van der Waals surface area contributed by atoms with E-state index in [0.29, 0.717) is 0 Å². The van der Waals surface area contributed by atoms with Gasteiger partial charge in [0, 0.05) is 28.8 Å². The fourth-order valence-corrected chi connectivity index (χ4v) is 2.09. The fourth-order valence-electron chi connectivity index (χ4n) is 1.51. The molecule has 1 aromatic rings. The van der Waals surface area contributed by atoms with Crippen LogP contribution in [0.2, 0.25) is 0 Å². The normalized spacial score (nSPS) is 10.1.